The maximum atomic E-state index is 14.7. The van der Waals surface area contributed by atoms with Gasteiger partial charge < -0.3 is 67.2 Å². The largest absolute Gasteiger partial charge is 0.488 e. The van der Waals surface area contributed by atoms with Gasteiger partial charge in [0.15, 0.2) is 0 Å². The van der Waals surface area contributed by atoms with Crippen molar-refractivity contribution in [2.45, 2.75) is 129 Å². The van der Waals surface area contributed by atoms with E-state index in [-0.39, 0.29) is 71.5 Å². The van der Waals surface area contributed by atoms with Gasteiger partial charge in [-0.25, -0.2) is 19.2 Å². The minimum absolute atomic E-state index is 0.00635. The van der Waals surface area contributed by atoms with Crippen molar-refractivity contribution >= 4 is 47.9 Å². The lowest BCUT2D eigenvalue weighted by atomic mass is 10.0. The molecule has 0 aliphatic heterocycles. The molecule has 0 heterocycles. The molecule has 0 spiro atoms. The van der Waals surface area contributed by atoms with Gasteiger partial charge in [0.05, 0.1) is 0 Å². The van der Waals surface area contributed by atoms with Gasteiger partial charge in [0.2, 0.25) is 23.6 Å². The average molecular weight is 1070 g/mol. The molecular weight excluding hydrogens is 991 g/mol. The van der Waals surface area contributed by atoms with E-state index in [1.54, 1.807) is 99.6 Å². The van der Waals surface area contributed by atoms with E-state index in [2.05, 4.69) is 42.5 Å². The third-order valence-electron chi connectivity index (χ3n) is 11.0. The first-order chi connectivity index (χ1) is 36.6. The predicted octanol–water partition coefficient (Wildman–Crippen LogP) is 5.19. The molecule has 0 bridgehead atoms. The molecule has 0 saturated carbocycles. The average Bonchev–Trinajstić information content (AvgIpc) is 3.37. The second-order valence-corrected chi connectivity index (χ2v) is 20.0. The van der Waals surface area contributed by atoms with E-state index < -0.39 is 83.3 Å². The third kappa shape index (κ3) is 25.6. The molecule has 4 aromatic carbocycles. The first-order valence-corrected chi connectivity index (χ1v) is 25.5. The van der Waals surface area contributed by atoms with Gasteiger partial charge in [0.1, 0.15) is 54.3 Å². The monoisotopic (exact) mass is 1070 g/mol. The Kier molecular flexibility index (Phi) is 25.0. The van der Waals surface area contributed by atoms with Gasteiger partial charge in [-0.05, 0) is 102 Å². The summed E-state index contributed by atoms with van der Waals surface area (Å²) in [6, 6.07) is 27.9. The Morgan fingerprint density at radius 1 is 0.429 bits per heavy atom. The van der Waals surface area contributed by atoms with E-state index in [1.165, 1.54) is 0 Å². The first-order valence-electron chi connectivity index (χ1n) is 25.5. The van der Waals surface area contributed by atoms with Crippen LogP contribution in [-0.4, -0.2) is 109 Å². The second-order valence-electron chi connectivity index (χ2n) is 20.0. The van der Waals surface area contributed by atoms with Crippen molar-refractivity contribution in [2.75, 3.05) is 26.2 Å². The van der Waals surface area contributed by atoms with Gasteiger partial charge in [-0.1, -0.05) is 103 Å². The molecule has 0 aromatic heterocycles. The van der Waals surface area contributed by atoms with Crippen molar-refractivity contribution in [3.05, 3.63) is 138 Å². The number of benzene rings is 4. The molecule has 10 N–H and O–H groups in total. The van der Waals surface area contributed by atoms with Crippen molar-refractivity contribution < 1.29 is 57.3 Å². The number of carbonyl (C=O) groups excluding carboxylic acids is 8. The zero-order valence-electron chi connectivity index (χ0n) is 44.7. The number of urea groups is 1. The van der Waals surface area contributed by atoms with Crippen LogP contribution in [0.4, 0.5) is 19.2 Å². The number of primary amides is 1. The van der Waals surface area contributed by atoms with Gasteiger partial charge in [-0.2, -0.15) is 0 Å². The van der Waals surface area contributed by atoms with E-state index in [9.17, 15) is 38.4 Å². The topological polar surface area (TPSA) is 296 Å². The number of ether oxygens (including phenoxy) is 4. The van der Waals surface area contributed by atoms with Crippen molar-refractivity contribution in [1.82, 2.24) is 42.5 Å². The quantitative estimate of drug-likeness (QED) is 0.0262. The van der Waals surface area contributed by atoms with Gasteiger partial charge >= 0.3 is 24.3 Å². The standard InChI is InChI=1S/C56H75N9O12/c1-55(2,3)76-42-27-25-39(26-28-42)35-46(65-54(73)77-56(4,5)6)50(69)62-43(24-16-17-30-60-52(71)74-36-40-20-12-8-13-21-40)48(67)64-45(34-38-18-10-7-11-19-38)49(68)63-44(47(66)58-32-33-59-51(57)70)29-31-61-53(72)75-37-41-22-14-9-15-23-41/h7-15,18-23,25-28,43-46H,16-17,24,29-37H2,1-6H3,(H,58,66)(H,60,71)(H,61,72)(H,62,69)(H,63,68)(H,64,67)(H,65,73)(H3,57,59,70)/t43-,44+,45+,46+/m1/s1. The van der Waals surface area contributed by atoms with Crippen LogP contribution in [0.15, 0.2) is 115 Å². The van der Waals surface area contributed by atoms with Crippen molar-refractivity contribution in [2.24, 2.45) is 5.73 Å². The number of alkyl carbamates (subject to hydrolysis) is 3. The molecule has 0 aliphatic carbocycles. The number of hydrogen-bond donors (Lipinski definition) is 9. The van der Waals surface area contributed by atoms with Gasteiger partial charge in [-0.3, -0.25) is 19.2 Å². The minimum Gasteiger partial charge on any atom is -0.488 e. The Balaban J connectivity index is 1.58. The molecule has 0 fully saturated rings. The Hall–Kier alpha value is -8.36. The maximum absolute atomic E-state index is 14.7. The number of nitrogens with two attached hydrogens (primary N) is 1. The molecule has 21 heteroatoms. The summed E-state index contributed by atoms with van der Waals surface area (Å²) in [5, 5.41) is 21.3. The Labute approximate surface area is 450 Å². The summed E-state index contributed by atoms with van der Waals surface area (Å²) >= 11 is 0. The molecular formula is C56H75N9O12. The highest BCUT2D eigenvalue weighted by molar-refractivity contribution is 5.95. The normalized spacial score (nSPS) is 12.6. The molecule has 4 rings (SSSR count). The van der Waals surface area contributed by atoms with Crippen LogP contribution < -0.4 is 53.0 Å². The Morgan fingerprint density at radius 3 is 1.38 bits per heavy atom. The van der Waals surface area contributed by atoms with Crippen molar-refractivity contribution in [1.29, 1.82) is 0 Å². The SMILES string of the molecule is CC(C)(C)OC(=O)N[C@@H](Cc1ccc(OC(C)(C)C)cc1)C(=O)N[C@H](CCCCNC(=O)OCc1ccccc1)C(=O)N[C@@H](Cc1ccccc1)C(=O)N[C@@H](CCNC(=O)OCc1ccccc1)C(=O)NCCNC(N)=O. The van der Waals surface area contributed by atoms with Gasteiger partial charge in [-0.15, -0.1) is 0 Å². The van der Waals surface area contributed by atoms with Gasteiger partial charge in [0.25, 0.3) is 0 Å². The summed E-state index contributed by atoms with van der Waals surface area (Å²) in [5.41, 5.74) is 6.64. The zero-order valence-corrected chi connectivity index (χ0v) is 44.7. The van der Waals surface area contributed by atoms with Crippen LogP contribution in [0.25, 0.3) is 0 Å². The lowest BCUT2D eigenvalue weighted by molar-refractivity contribution is -0.134. The number of amides is 9. The summed E-state index contributed by atoms with van der Waals surface area (Å²) in [4.78, 5) is 107. The second kappa shape index (κ2) is 31.5. The lowest BCUT2D eigenvalue weighted by Crippen LogP contribution is -2.59. The molecule has 9 amide bonds. The summed E-state index contributed by atoms with van der Waals surface area (Å²) in [5.74, 6) is -2.37. The lowest BCUT2D eigenvalue weighted by Gasteiger charge is -2.27. The summed E-state index contributed by atoms with van der Waals surface area (Å²) in [6.45, 7) is 10.8. The fourth-order valence-corrected chi connectivity index (χ4v) is 7.38. The number of carbonyl (C=O) groups is 8. The molecule has 0 saturated heterocycles. The van der Waals surface area contributed by atoms with Crippen LogP contribution in [0, 0.1) is 0 Å². The third-order valence-corrected chi connectivity index (χ3v) is 11.0. The summed E-state index contributed by atoms with van der Waals surface area (Å²) in [6.07, 6.45) is -1.87. The highest BCUT2D eigenvalue weighted by atomic mass is 16.6. The van der Waals surface area contributed by atoms with E-state index in [1.807, 2.05) is 57.2 Å². The Morgan fingerprint density at radius 2 is 0.870 bits per heavy atom. The highest BCUT2D eigenvalue weighted by Crippen LogP contribution is 2.20. The smallest absolute Gasteiger partial charge is 0.408 e. The minimum atomic E-state index is -1.34. The van der Waals surface area contributed by atoms with Crippen LogP contribution in [0.2, 0.25) is 0 Å². The molecule has 77 heavy (non-hydrogen) atoms. The summed E-state index contributed by atoms with van der Waals surface area (Å²) in [7, 11) is 0. The molecule has 0 unspecified atom stereocenters. The first kappa shape index (κ1) is 61.2. The maximum Gasteiger partial charge on any atom is 0.408 e. The van der Waals surface area contributed by atoms with E-state index in [4.69, 9.17) is 24.7 Å². The number of hydrogen-bond acceptors (Lipinski definition) is 12. The van der Waals surface area contributed by atoms with Crippen LogP contribution in [0.5, 0.6) is 5.75 Å². The molecule has 0 aliphatic rings. The van der Waals surface area contributed by atoms with E-state index >= 15 is 0 Å². The number of nitrogens with one attached hydrogen (secondary N) is 8. The van der Waals surface area contributed by atoms with Crippen LogP contribution in [0.3, 0.4) is 0 Å². The van der Waals surface area contributed by atoms with Gasteiger partial charge in [0, 0.05) is 39.0 Å². The predicted molar refractivity (Wildman–Crippen MR) is 288 cm³/mol. The van der Waals surface area contributed by atoms with Crippen LogP contribution in [0.1, 0.15) is 89.5 Å². The molecule has 0 radical (unpaired) electrons. The van der Waals surface area contributed by atoms with E-state index in [0.717, 1.165) is 11.1 Å². The van der Waals surface area contributed by atoms with Crippen LogP contribution >= 0.6 is 0 Å². The van der Waals surface area contributed by atoms with Crippen molar-refractivity contribution in [3.8, 4) is 5.75 Å². The van der Waals surface area contributed by atoms with E-state index in [0.29, 0.717) is 23.3 Å². The van der Waals surface area contributed by atoms with Crippen molar-refractivity contribution in [3.63, 3.8) is 0 Å². The fraction of sp³-hybridized carbons (Fsp3) is 0.429. The summed E-state index contributed by atoms with van der Waals surface area (Å²) < 4.78 is 22.1. The Bertz CT molecular complexity index is 2510. The zero-order chi connectivity index (χ0) is 56.2. The fourth-order valence-electron chi connectivity index (χ4n) is 7.38. The number of unbranched alkanes of at least 4 members (excludes halogenated alkanes) is 1. The molecule has 4 aromatic rings. The highest BCUT2D eigenvalue weighted by Gasteiger charge is 2.33. The molecule has 4 atom stereocenters. The molecule has 21 nitrogen and oxygen atoms in total. The van der Waals surface area contributed by atoms with Crippen LogP contribution in [-0.2, 0) is 59.4 Å². The molecule has 416 valence electrons. The number of rotatable bonds is 28.